The van der Waals surface area contributed by atoms with E-state index in [2.05, 4.69) is 0 Å². The standard InChI is InChI=1S/C16H21NO2/c1-4-13-7-8-15(19-13)14(18)9-12-6-5-10(2)11(3)16(12)17/h5-8,14,18H,4,9,17H2,1-3H3. The zero-order valence-corrected chi connectivity index (χ0v) is 11.7. The van der Waals surface area contributed by atoms with E-state index in [0.29, 0.717) is 12.2 Å². The molecule has 0 amide bonds. The van der Waals surface area contributed by atoms with Crippen LogP contribution in [-0.4, -0.2) is 5.11 Å². The molecule has 0 saturated carbocycles. The highest BCUT2D eigenvalue weighted by Gasteiger charge is 2.15. The number of nitrogens with two attached hydrogens (primary N) is 1. The normalized spacial score (nSPS) is 12.6. The largest absolute Gasteiger partial charge is 0.463 e. The minimum Gasteiger partial charge on any atom is -0.463 e. The molecule has 1 aromatic carbocycles. The van der Waals surface area contributed by atoms with E-state index in [1.165, 1.54) is 5.56 Å². The molecule has 1 unspecified atom stereocenters. The number of anilines is 1. The molecule has 1 aromatic heterocycles. The molecule has 0 bridgehead atoms. The molecule has 3 nitrogen and oxygen atoms in total. The van der Waals surface area contributed by atoms with Gasteiger partial charge in [0.1, 0.15) is 17.6 Å². The van der Waals surface area contributed by atoms with E-state index in [1.807, 2.05) is 45.0 Å². The molecule has 0 aliphatic heterocycles. The van der Waals surface area contributed by atoms with Crippen molar-refractivity contribution in [2.75, 3.05) is 5.73 Å². The maximum absolute atomic E-state index is 10.2. The van der Waals surface area contributed by atoms with Gasteiger partial charge in [0.05, 0.1) is 0 Å². The van der Waals surface area contributed by atoms with Crippen LogP contribution >= 0.6 is 0 Å². The lowest BCUT2D eigenvalue weighted by atomic mass is 9.98. The summed E-state index contributed by atoms with van der Waals surface area (Å²) >= 11 is 0. The van der Waals surface area contributed by atoms with E-state index < -0.39 is 6.10 Å². The lowest BCUT2D eigenvalue weighted by Crippen LogP contribution is -2.05. The van der Waals surface area contributed by atoms with E-state index >= 15 is 0 Å². The van der Waals surface area contributed by atoms with Gasteiger partial charge in [-0.05, 0) is 42.7 Å². The van der Waals surface area contributed by atoms with Gasteiger partial charge in [0.25, 0.3) is 0 Å². The Morgan fingerprint density at radius 1 is 1.21 bits per heavy atom. The van der Waals surface area contributed by atoms with Crippen LogP contribution in [0.15, 0.2) is 28.7 Å². The number of hydrogen-bond donors (Lipinski definition) is 2. The van der Waals surface area contributed by atoms with Crippen molar-refractivity contribution >= 4 is 5.69 Å². The van der Waals surface area contributed by atoms with Crippen molar-refractivity contribution in [3.8, 4) is 0 Å². The molecule has 0 fully saturated rings. The number of nitrogen functional groups attached to an aromatic ring is 1. The molecule has 0 aliphatic rings. The minimum atomic E-state index is -0.648. The van der Waals surface area contributed by atoms with Gasteiger partial charge in [-0.15, -0.1) is 0 Å². The monoisotopic (exact) mass is 259 g/mol. The molecule has 3 heteroatoms. The van der Waals surface area contributed by atoms with Crippen LogP contribution in [0.5, 0.6) is 0 Å². The van der Waals surface area contributed by atoms with Gasteiger partial charge in [0, 0.05) is 18.5 Å². The third kappa shape index (κ3) is 2.82. The molecule has 0 saturated heterocycles. The molecular weight excluding hydrogens is 238 g/mol. The third-order valence-electron chi connectivity index (χ3n) is 3.65. The highest BCUT2D eigenvalue weighted by Crippen LogP contribution is 2.26. The molecule has 2 rings (SSSR count). The van der Waals surface area contributed by atoms with Gasteiger partial charge in [-0.25, -0.2) is 0 Å². The smallest absolute Gasteiger partial charge is 0.133 e. The van der Waals surface area contributed by atoms with Gasteiger partial charge in [0.2, 0.25) is 0 Å². The average molecular weight is 259 g/mol. The molecule has 0 radical (unpaired) electrons. The quantitative estimate of drug-likeness (QED) is 0.828. The van der Waals surface area contributed by atoms with Gasteiger partial charge >= 0.3 is 0 Å². The fourth-order valence-electron chi connectivity index (χ4n) is 2.14. The summed E-state index contributed by atoms with van der Waals surface area (Å²) < 4.78 is 5.57. The predicted octanol–water partition coefficient (Wildman–Crippen LogP) is 3.32. The minimum absolute atomic E-state index is 0.476. The van der Waals surface area contributed by atoms with Crippen molar-refractivity contribution in [1.82, 2.24) is 0 Å². The number of aryl methyl sites for hydroxylation is 2. The predicted molar refractivity (Wildman–Crippen MR) is 77.1 cm³/mol. The highest BCUT2D eigenvalue weighted by atomic mass is 16.4. The Morgan fingerprint density at radius 3 is 2.58 bits per heavy atom. The number of hydrogen-bond acceptors (Lipinski definition) is 3. The summed E-state index contributed by atoms with van der Waals surface area (Å²) in [5.41, 5.74) is 10.1. The number of furan rings is 1. The van der Waals surface area contributed by atoms with Gasteiger partial charge in [-0.2, -0.15) is 0 Å². The molecule has 2 aromatic rings. The van der Waals surface area contributed by atoms with Crippen molar-refractivity contribution in [1.29, 1.82) is 0 Å². The van der Waals surface area contributed by atoms with Crippen LogP contribution in [0, 0.1) is 13.8 Å². The Balaban J connectivity index is 2.19. The van der Waals surface area contributed by atoms with Crippen molar-refractivity contribution in [3.63, 3.8) is 0 Å². The number of aliphatic hydroxyl groups is 1. The second-order valence-electron chi connectivity index (χ2n) is 4.96. The Bertz CT molecular complexity index is 572. The van der Waals surface area contributed by atoms with Crippen LogP contribution in [0.3, 0.4) is 0 Å². The number of benzene rings is 1. The molecule has 19 heavy (non-hydrogen) atoms. The summed E-state index contributed by atoms with van der Waals surface area (Å²) in [5, 5.41) is 10.2. The SMILES string of the molecule is CCc1ccc(C(O)Cc2ccc(C)c(C)c2N)o1. The molecule has 1 atom stereocenters. The number of rotatable bonds is 4. The van der Waals surface area contributed by atoms with Crippen LogP contribution in [-0.2, 0) is 12.8 Å². The van der Waals surface area contributed by atoms with Crippen LogP contribution in [0.1, 0.15) is 41.2 Å². The van der Waals surface area contributed by atoms with E-state index in [1.54, 1.807) is 0 Å². The Labute approximate surface area is 114 Å². The van der Waals surface area contributed by atoms with Gasteiger partial charge in [-0.3, -0.25) is 0 Å². The number of aliphatic hydroxyl groups excluding tert-OH is 1. The van der Waals surface area contributed by atoms with E-state index in [0.717, 1.165) is 29.0 Å². The van der Waals surface area contributed by atoms with Crippen molar-refractivity contribution in [2.24, 2.45) is 0 Å². The van der Waals surface area contributed by atoms with Crippen LogP contribution < -0.4 is 5.73 Å². The summed E-state index contributed by atoms with van der Waals surface area (Å²) in [6.07, 6.45) is 0.659. The lowest BCUT2D eigenvalue weighted by Gasteiger charge is -2.13. The summed E-state index contributed by atoms with van der Waals surface area (Å²) in [5.74, 6) is 1.50. The Hall–Kier alpha value is -1.74. The second-order valence-corrected chi connectivity index (χ2v) is 4.96. The van der Waals surface area contributed by atoms with Crippen LogP contribution in [0.4, 0.5) is 5.69 Å². The first kappa shape index (κ1) is 13.7. The fourth-order valence-corrected chi connectivity index (χ4v) is 2.14. The second kappa shape index (κ2) is 5.49. The zero-order chi connectivity index (χ0) is 14.0. The zero-order valence-electron chi connectivity index (χ0n) is 11.7. The van der Waals surface area contributed by atoms with E-state index in [-0.39, 0.29) is 0 Å². The first-order valence-electron chi connectivity index (χ1n) is 6.64. The molecule has 0 spiro atoms. The summed E-state index contributed by atoms with van der Waals surface area (Å²) in [7, 11) is 0. The van der Waals surface area contributed by atoms with Crippen molar-refractivity contribution in [3.05, 3.63) is 52.5 Å². The molecule has 102 valence electrons. The molecular formula is C16H21NO2. The van der Waals surface area contributed by atoms with E-state index in [9.17, 15) is 5.11 Å². The summed E-state index contributed by atoms with van der Waals surface area (Å²) in [4.78, 5) is 0. The Kier molecular flexibility index (Phi) is 3.96. The van der Waals surface area contributed by atoms with Gasteiger partial charge < -0.3 is 15.3 Å². The van der Waals surface area contributed by atoms with Crippen molar-refractivity contribution in [2.45, 2.75) is 39.7 Å². The topological polar surface area (TPSA) is 59.4 Å². The van der Waals surface area contributed by atoms with Gasteiger partial charge in [0.15, 0.2) is 0 Å². The van der Waals surface area contributed by atoms with Crippen LogP contribution in [0.2, 0.25) is 0 Å². The fraction of sp³-hybridized carbons (Fsp3) is 0.375. The first-order chi connectivity index (χ1) is 9.02. The Morgan fingerprint density at radius 2 is 1.95 bits per heavy atom. The third-order valence-corrected chi connectivity index (χ3v) is 3.65. The lowest BCUT2D eigenvalue weighted by molar-refractivity contribution is 0.148. The van der Waals surface area contributed by atoms with Crippen LogP contribution in [0.25, 0.3) is 0 Å². The average Bonchev–Trinajstić information content (AvgIpc) is 2.88. The first-order valence-corrected chi connectivity index (χ1v) is 6.64. The molecule has 1 heterocycles. The van der Waals surface area contributed by atoms with Crippen molar-refractivity contribution < 1.29 is 9.52 Å². The molecule has 0 aliphatic carbocycles. The highest BCUT2D eigenvalue weighted by molar-refractivity contribution is 5.56. The van der Waals surface area contributed by atoms with E-state index in [4.69, 9.17) is 10.2 Å². The maximum atomic E-state index is 10.2. The van der Waals surface area contributed by atoms with Gasteiger partial charge in [-0.1, -0.05) is 19.1 Å². The summed E-state index contributed by atoms with van der Waals surface area (Å²) in [6, 6.07) is 7.75. The molecule has 3 N–H and O–H groups in total. The maximum Gasteiger partial charge on any atom is 0.133 e. The summed E-state index contributed by atoms with van der Waals surface area (Å²) in [6.45, 7) is 6.06.